The lowest BCUT2D eigenvalue weighted by atomic mass is 10.1. The predicted octanol–water partition coefficient (Wildman–Crippen LogP) is 0.730. The van der Waals surface area contributed by atoms with Gasteiger partial charge < -0.3 is 4.74 Å². The van der Waals surface area contributed by atoms with Crippen molar-refractivity contribution < 1.29 is 4.74 Å². The minimum Gasteiger partial charge on any atom is -0.377 e. The third-order valence-electron chi connectivity index (χ3n) is 2.32. The molecule has 0 aliphatic carbocycles. The Bertz CT molecular complexity index is 173. The first-order valence-corrected chi connectivity index (χ1v) is 3.91. The van der Waals surface area contributed by atoms with Gasteiger partial charge in [0.05, 0.1) is 12.1 Å². The van der Waals surface area contributed by atoms with Crippen molar-refractivity contribution >= 4 is 0 Å². The summed E-state index contributed by atoms with van der Waals surface area (Å²) in [5.74, 6) is 2.64. The molecule has 0 amide bonds. The van der Waals surface area contributed by atoms with Crippen LogP contribution in [0.3, 0.4) is 0 Å². The van der Waals surface area contributed by atoms with Gasteiger partial charge in [0.25, 0.3) is 0 Å². The molecule has 1 aliphatic heterocycles. The van der Waals surface area contributed by atoms with Crippen LogP contribution in [0, 0.1) is 12.3 Å². The van der Waals surface area contributed by atoms with Crippen molar-refractivity contribution in [3.63, 3.8) is 0 Å². The van der Waals surface area contributed by atoms with Crippen LogP contribution in [-0.2, 0) is 4.74 Å². The molecule has 0 aromatic carbocycles. The zero-order valence-electron chi connectivity index (χ0n) is 7.26. The molecule has 62 valence electrons. The lowest BCUT2D eigenvalue weighted by Gasteiger charge is -2.21. The van der Waals surface area contributed by atoms with E-state index in [0.29, 0.717) is 0 Å². The fraction of sp³-hybridized carbons (Fsp3) is 0.778. The van der Waals surface area contributed by atoms with E-state index in [4.69, 9.17) is 11.2 Å². The Balaban J connectivity index is 2.41. The molecule has 2 heteroatoms. The molecule has 0 radical (unpaired) electrons. The van der Waals surface area contributed by atoms with E-state index in [1.165, 1.54) is 0 Å². The van der Waals surface area contributed by atoms with Crippen molar-refractivity contribution in [1.29, 1.82) is 0 Å². The first-order valence-electron chi connectivity index (χ1n) is 3.91. The van der Waals surface area contributed by atoms with Crippen molar-refractivity contribution in [3.8, 4) is 12.3 Å². The number of hydrogen-bond acceptors (Lipinski definition) is 2. The highest BCUT2D eigenvalue weighted by molar-refractivity contribution is 4.95. The second-order valence-electron chi connectivity index (χ2n) is 3.32. The fourth-order valence-corrected chi connectivity index (χ4v) is 1.46. The molecular weight excluding hydrogens is 138 g/mol. The second kappa shape index (κ2) is 3.25. The van der Waals surface area contributed by atoms with Crippen molar-refractivity contribution in [3.05, 3.63) is 0 Å². The summed E-state index contributed by atoms with van der Waals surface area (Å²) in [5.41, 5.74) is 0.0385. The van der Waals surface area contributed by atoms with Crippen LogP contribution in [0.5, 0.6) is 0 Å². The molecule has 0 bridgehead atoms. The third kappa shape index (κ3) is 1.95. The van der Waals surface area contributed by atoms with Crippen LogP contribution in [0.25, 0.3) is 0 Å². The summed E-state index contributed by atoms with van der Waals surface area (Å²) in [6.07, 6.45) is 6.29. The Morgan fingerprint density at radius 2 is 2.45 bits per heavy atom. The zero-order chi connectivity index (χ0) is 8.32. The van der Waals surface area contributed by atoms with E-state index in [-0.39, 0.29) is 5.60 Å². The van der Waals surface area contributed by atoms with Gasteiger partial charge in [-0.25, -0.2) is 0 Å². The summed E-state index contributed by atoms with van der Waals surface area (Å²) in [4.78, 5) is 2.24. The lowest BCUT2D eigenvalue weighted by molar-refractivity contribution is 0.0159. The largest absolute Gasteiger partial charge is 0.377 e. The molecule has 1 aliphatic rings. The molecule has 0 aromatic rings. The van der Waals surface area contributed by atoms with E-state index in [0.717, 1.165) is 26.1 Å². The molecule has 1 unspecified atom stereocenters. The molecule has 0 N–H and O–H groups in total. The molecule has 1 atom stereocenters. The van der Waals surface area contributed by atoms with Gasteiger partial charge in [-0.3, -0.25) is 4.90 Å². The SMILES string of the molecule is C#CCN1CCC(C)(OC)C1. The Morgan fingerprint density at radius 1 is 1.73 bits per heavy atom. The van der Waals surface area contributed by atoms with Gasteiger partial charge in [0.2, 0.25) is 0 Å². The number of ether oxygens (including phenoxy) is 1. The average molecular weight is 153 g/mol. The van der Waals surface area contributed by atoms with Crippen LogP contribution < -0.4 is 0 Å². The van der Waals surface area contributed by atoms with E-state index in [2.05, 4.69) is 17.7 Å². The van der Waals surface area contributed by atoms with E-state index in [1.807, 2.05) is 0 Å². The maximum atomic E-state index is 5.36. The molecule has 0 spiro atoms. The highest BCUT2D eigenvalue weighted by Crippen LogP contribution is 2.23. The van der Waals surface area contributed by atoms with Gasteiger partial charge in [-0.2, -0.15) is 0 Å². The Hall–Kier alpha value is -0.520. The monoisotopic (exact) mass is 153 g/mol. The number of terminal acetylenes is 1. The van der Waals surface area contributed by atoms with Gasteiger partial charge in [0, 0.05) is 20.2 Å². The summed E-state index contributed by atoms with van der Waals surface area (Å²) in [7, 11) is 1.76. The van der Waals surface area contributed by atoms with Crippen LogP contribution in [-0.4, -0.2) is 37.2 Å². The van der Waals surface area contributed by atoms with Gasteiger partial charge in [-0.05, 0) is 13.3 Å². The van der Waals surface area contributed by atoms with E-state index in [9.17, 15) is 0 Å². The van der Waals surface area contributed by atoms with Crippen molar-refractivity contribution in [2.75, 3.05) is 26.7 Å². The van der Waals surface area contributed by atoms with E-state index in [1.54, 1.807) is 7.11 Å². The van der Waals surface area contributed by atoms with Crippen molar-refractivity contribution in [2.45, 2.75) is 18.9 Å². The normalized spacial score (nSPS) is 32.1. The molecule has 1 fully saturated rings. The van der Waals surface area contributed by atoms with Crippen LogP contribution in [0.2, 0.25) is 0 Å². The van der Waals surface area contributed by atoms with Gasteiger partial charge in [-0.1, -0.05) is 5.92 Å². The van der Waals surface area contributed by atoms with E-state index >= 15 is 0 Å². The van der Waals surface area contributed by atoms with Crippen molar-refractivity contribution in [2.24, 2.45) is 0 Å². The molecule has 1 heterocycles. The quantitative estimate of drug-likeness (QED) is 0.542. The number of nitrogens with zero attached hydrogens (tertiary/aromatic N) is 1. The lowest BCUT2D eigenvalue weighted by Crippen LogP contribution is -2.32. The molecule has 0 aromatic heterocycles. The Kier molecular flexibility index (Phi) is 2.53. The molecule has 1 rings (SSSR count). The minimum absolute atomic E-state index is 0.0385. The third-order valence-corrected chi connectivity index (χ3v) is 2.32. The Morgan fingerprint density at radius 3 is 2.91 bits per heavy atom. The number of hydrogen-bond donors (Lipinski definition) is 0. The summed E-state index contributed by atoms with van der Waals surface area (Å²) in [5, 5.41) is 0. The molecule has 2 nitrogen and oxygen atoms in total. The van der Waals surface area contributed by atoms with E-state index < -0.39 is 0 Å². The maximum Gasteiger partial charge on any atom is 0.0789 e. The Labute approximate surface area is 68.5 Å². The predicted molar refractivity (Wildman–Crippen MR) is 45.3 cm³/mol. The van der Waals surface area contributed by atoms with Crippen LogP contribution in [0.1, 0.15) is 13.3 Å². The first-order chi connectivity index (χ1) is 5.20. The number of likely N-dealkylation sites (tertiary alicyclic amines) is 1. The highest BCUT2D eigenvalue weighted by atomic mass is 16.5. The van der Waals surface area contributed by atoms with Gasteiger partial charge in [0.15, 0.2) is 0 Å². The van der Waals surface area contributed by atoms with Crippen LogP contribution in [0.4, 0.5) is 0 Å². The molecule has 11 heavy (non-hydrogen) atoms. The molecule has 0 saturated carbocycles. The summed E-state index contributed by atoms with van der Waals surface area (Å²) >= 11 is 0. The van der Waals surface area contributed by atoms with Crippen molar-refractivity contribution in [1.82, 2.24) is 4.90 Å². The molecular formula is C9H15NO. The zero-order valence-corrected chi connectivity index (χ0v) is 7.26. The number of rotatable bonds is 2. The van der Waals surface area contributed by atoms with Crippen LogP contribution in [0.15, 0.2) is 0 Å². The minimum atomic E-state index is 0.0385. The topological polar surface area (TPSA) is 12.5 Å². The number of methoxy groups -OCH3 is 1. The van der Waals surface area contributed by atoms with Gasteiger partial charge in [0.1, 0.15) is 0 Å². The molecule has 1 saturated heterocycles. The summed E-state index contributed by atoms with van der Waals surface area (Å²) < 4.78 is 5.36. The summed E-state index contributed by atoms with van der Waals surface area (Å²) in [6, 6.07) is 0. The maximum absolute atomic E-state index is 5.36. The summed E-state index contributed by atoms with van der Waals surface area (Å²) in [6.45, 7) is 4.91. The highest BCUT2D eigenvalue weighted by Gasteiger charge is 2.32. The second-order valence-corrected chi connectivity index (χ2v) is 3.32. The van der Waals surface area contributed by atoms with Crippen LogP contribution >= 0.6 is 0 Å². The fourth-order valence-electron chi connectivity index (χ4n) is 1.46. The average Bonchev–Trinajstić information content (AvgIpc) is 2.35. The van der Waals surface area contributed by atoms with Gasteiger partial charge >= 0.3 is 0 Å². The smallest absolute Gasteiger partial charge is 0.0789 e. The standard InChI is InChI=1S/C9H15NO/c1-4-6-10-7-5-9(2,8-10)11-3/h1H,5-8H2,2-3H3. The first kappa shape index (κ1) is 8.58. The van der Waals surface area contributed by atoms with Gasteiger partial charge in [-0.15, -0.1) is 6.42 Å².